The number of rotatable bonds is 6. The van der Waals surface area contributed by atoms with E-state index in [1.54, 1.807) is 19.1 Å². The summed E-state index contributed by atoms with van der Waals surface area (Å²) in [6.45, 7) is 2.89. The zero-order chi connectivity index (χ0) is 21.9. The Balaban J connectivity index is 1.61. The van der Waals surface area contributed by atoms with Crippen LogP contribution >= 0.6 is 0 Å². The predicted octanol–water partition coefficient (Wildman–Crippen LogP) is 2.91. The van der Waals surface area contributed by atoms with E-state index < -0.39 is 17.7 Å². The van der Waals surface area contributed by atoms with Gasteiger partial charge in [0, 0.05) is 6.54 Å². The van der Waals surface area contributed by atoms with Gasteiger partial charge in [-0.3, -0.25) is 9.69 Å². The van der Waals surface area contributed by atoms with Gasteiger partial charge in [0.1, 0.15) is 0 Å². The fraction of sp³-hybridized carbons (Fsp3) is 0.364. The number of carboxylic acid groups (broad SMARTS) is 1. The Labute approximate surface area is 172 Å². The third kappa shape index (κ3) is 5.18. The van der Waals surface area contributed by atoms with E-state index in [1.165, 1.54) is 24.3 Å². The number of nitrogens with zero attached hydrogens (tertiary/aromatic N) is 1. The number of hydrogen-bond acceptors (Lipinski definition) is 4. The van der Waals surface area contributed by atoms with Gasteiger partial charge in [-0.2, -0.15) is 13.2 Å². The zero-order valence-electron chi connectivity index (χ0n) is 16.4. The third-order valence-corrected chi connectivity index (χ3v) is 5.34. The summed E-state index contributed by atoms with van der Waals surface area (Å²) in [7, 11) is 0. The minimum absolute atomic E-state index is 0.0655. The summed E-state index contributed by atoms with van der Waals surface area (Å²) in [6.07, 6.45) is -2.87. The molecule has 1 N–H and O–H groups in total. The molecule has 5 nitrogen and oxygen atoms in total. The van der Waals surface area contributed by atoms with Gasteiger partial charge in [0.15, 0.2) is 0 Å². The van der Waals surface area contributed by atoms with Crippen LogP contribution in [0.3, 0.4) is 0 Å². The number of alkyl halides is 3. The van der Waals surface area contributed by atoms with Crippen LogP contribution in [0, 0.1) is 0 Å². The van der Waals surface area contributed by atoms with Crippen LogP contribution in [0.15, 0.2) is 48.5 Å². The second kappa shape index (κ2) is 8.87. The number of amides is 1. The average molecular weight is 419 g/mol. The lowest BCUT2D eigenvalue weighted by molar-refractivity contribution is -0.255. The van der Waals surface area contributed by atoms with E-state index in [4.69, 9.17) is 0 Å². The maximum absolute atomic E-state index is 12.8. The first-order chi connectivity index (χ1) is 14.1. The molecule has 0 bridgehead atoms. The van der Waals surface area contributed by atoms with E-state index in [-0.39, 0.29) is 23.6 Å². The van der Waals surface area contributed by atoms with Crippen LogP contribution < -0.4 is 10.4 Å². The highest BCUT2D eigenvalue weighted by atomic mass is 19.4. The summed E-state index contributed by atoms with van der Waals surface area (Å²) in [4.78, 5) is 25.6. The predicted molar refractivity (Wildman–Crippen MR) is 102 cm³/mol. The molecular weight excluding hydrogens is 397 g/mol. The Morgan fingerprint density at radius 3 is 2.33 bits per heavy atom. The quantitative estimate of drug-likeness (QED) is 0.782. The standard InChI is InChI=1S/C22H23F3N2O3/c1-14(16-6-8-17(9-7-16)21(29)30)26-20(28)19-3-2-12-27(19)13-15-4-10-18(11-5-15)22(23,24)25/h4-11,14,19H,2-3,12-13H2,1H3,(H,26,28)(H,29,30)/p-1/t14-,19+/m0/s1. The molecule has 0 aromatic heterocycles. The number of halogens is 3. The highest BCUT2D eigenvalue weighted by Gasteiger charge is 2.32. The first-order valence-corrected chi connectivity index (χ1v) is 9.67. The van der Waals surface area contributed by atoms with E-state index in [2.05, 4.69) is 5.32 Å². The van der Waals surface area contributed by atoms with Gasteiger partial charge in [0.05, 0.1) is 23.6 Å². The molecule has 0 aliphatic carbocycles. The van der Waals surface area contributed by atoms with Crippen molar-refractivity contribution in [3.05, 3.63) is 70.8 Å². The topological polar surface area (TPSA) is 72.5 Å². The van der Waals surface area contributed by atoms with Gasteiger partial charge in [-0.05, 0) is 55.1 Å². The molecule has 30 heavy (non-hydrogen) atoms. The van der Waals surface area contributed by atoms with Crippen molar-refractivity contribution in [3.8, 4) is 0 Å². The van der Waals surface area contributed by atoms with Crippen molar-refractivity contribution in [2.75, 3.05) is 6.54 Å². The lowest BCUT2D eigenvalue weighted by Crippen LogP contribution is -2.43. The Morgan fingerprint density at radius 2 is 1.77 bits per heavy atom. The average Bonchev–Trinajstić information content (AvgIpc) is 3.16. The smallest absolute Gasteiger partial charge is 0.416 e. The highest BCUT2D eigenvalue weighted by molar-refractivity contribution is 5.86. The van der Waals surface area contributed by atoms with Crippen LogP contribution in [-0.2, 0) is 17.5 Å². The number of nitrogens with one attached hydrogen (secondary N) is 1. The summed E-state index contributed by atoms with van der Waals surface area (Å²) in [5.41, 5.74) is 0.852. The maximum atomic E-state index is 12.8. The number of aromatic carboxylic acids is 1. The SMILES string of the molecule is C[C@H](NC(=O)[C@H]1CCCN1Cc1ccc(C(F)(F)F)cc1)c1ccc(C(=O)[O-])cc1. The minimum Gasteiger partial charge on any atom is -0.545 e. The lowest BCUT2D eigenvalue weighted by atomic mass is 10.1. The molecule has 2 aromatic rings. The van der Waals surface area contributed by atoms with Gasteiger partial charge in [0.25, 0.3) is 0 Å². The van der Waals surface area contributed by atoms with Gasteiger partial charge in [-0.1, -0.05) is 36.4 Å². The van der Waals surface area contributed by atoms with Crippen LogP contribution in [-0.4, -0.2) is 29.4 Å². The summed E-state index contributed by atoms with van der Waals surface area (Å²) in [5, 5.41) is 13.8. The van der Waals surface area contributed by atoms with E-state index in [1.807, 2.05) is 4.90 Å². The van der Waals surface area contributed by atoms with Crippen LogP contribution in [0.25, 0.3) is 0 Å². The van der Waals surface area contributed by atoms with Gasteiger partial charge < -0.3 is 15.2 Å². The van der Waals surface area contributed by atoms with E-state index in [0.717, 1.165) is 24.1 Å². The molecule has 1 fully saturated rings. The number of likely N-dealkylation sites (tertiary alicyclic amines) is 1. The van der Waals surface area contributed by atoms with Crippen molar-refractivity contribution in [2.45, 2.75) is 44.6 Å². The number of benzene rings is 2. The van der Waals surface area contributed by atoms with Crippen molar-refractivity contribution in [1.29, 1.82) is 0 Å². The zero-order valence-corrected chi connectivity index (χ0v) is 16.4. The Morgan fingerprint density at radius 1 is 1.13 bits per heavy atom. The summed E-state index contributed by atoms with van der Waals surface area (Å²) >= 11 is 0. The number of carbonyl (C=O) groups excluding carboxylic acids is 2. The van der Waals surface area contributed by atoms with Crippen molar-refractivity contribution < 1.29 is 27.9 Å². The molecule has 0 saturated carbocycles. The molecule has 0 unspecified atom stereocenters. The molecule has 1 aliphatic heterocycles. The van der Waals surface area contributed by atoms with Crippen molar-refractivity contribution in [3.63, 3.8) is 0 Å². The molecule has 1 aliphatic rings. The minimum atomic E-state index is -4.37. The van der Waals surface area contributed by atoms with Crippen LogP contribution in [0.1, 0.15) is 52.9 Å². The molecule has 0 spiro atoms. The second-order valence-electron chi connectivity index (χ2n) is 7.46. The second-order valence-corrected chi connectivity index (χ2v) is 7.46. The van der Waals surface area contributed by atoms with E-state index in [0.29, 0.717) is 25.1 Å². The maximum Gasteiger partial charge on any atom is 0.416 e. The fourth-order valence-electron chi connectivity index (χ4n) is 3.65. The van der Waals surface area contributed by atoms with Gasteiger partial charge >= 0.3 is 6.18 Å². The summed E-state index contributed by atoms with van der Waals surface area (Å²) in [5.74, 6) is -1.42. The number of carboxylic acids is 1. The summed E-state index contributed by atoms with van der Waals surface area (Å²) in [6, 6.07) is 10.4. The van der Waals surface area contributed by atoms with Crippen LogP contribution in [0.5, 0.6) is 0 Å². The van der Waals surface area contributed by atoms with Crippen LogP contribution in [0.2, 0.25) is 0 Å². The van der Waals surface area contributed by atoms with E-state index >= 15 is 0 Å². The van der Waals surface area contributed by atoms with Gasteiger partial charge in [0.2, 0.25) is 5.91 Å². The fourth-order valence-corrected chi connectivity index (χ4v) is 3.65. The van der Waals surface area contributed by atoms with Crippen molar-refractivity contribution >= 4 is 11.9 Å². The monoisotopic (exact) mass is 419 g/mol. The largest absolute Gasteiger partial charge is 0.545 e. The Hall–Kier alpha value is -2.87. The molecule has 1 saturated heterocycles. The molecule has 2 atom stereocenters. The van der Waals surface area contributed by atoms with Crippen molar-refractivity contribution in [1.82, 2.24) is 10.2 Å². The molecule has 2 aromatic carbocycles. The number of carbonyl (C=O) groups is 2. The van der Waals surface area contributed by atoms with Gasteiger partial charge in [-0.25, -0.2) is 0 Å². The first kappa shape index (κ1) is 21.8. The summed E-state index contributed by atoms with van der Waals surface area (Å²) < 4.78 is 38.2. The van der Waals surface area contributed by atoms with E-state index in [9.17, 15) is 27.9 Å². The molecule has 8 heteroatoms. The normalized spacial score (nSPS) is 18.2. The Kier molecular flexibility index (Phi) is 6.45. The molecule has 3 rings (SSSR count). The number of hydrogen-bond donors (Lipinski definition) is 1. The first-order valence-electron chi connectivity index (χ1n) is 9.67. The lowest BCUT2D eigenvalue weighted by Gasteiger charge is -2.25. The van der Waals surface area contributed by atoms with Crippen LogP contribution in [0.4, 0.5) is 13.2 Å². The third-order valence-electron chi connectivity index (χ3n) is 5.34. The molecule has 0 radical (unpaired) electrons. The molecule has 1 heterocycles. The molecule has 160 valence electrons. The molecular formula is C22H22F3N2O3-. The molecule has 1 amide bonds. The highest BCUT2D eigenvalue weighted by Crippen LogP contribution is 2.30. The van der Waals surface area contributed by atoms with Gasteiger partial charge in [-0.15, -0.1) is 0 Å². The van der Waals surface area contributed by atoms with Crippen molar-refractivity contribution in [2.24, 2.45) is 0 Å². The Bertz CT molecular complexity index is 895.